The molecule has 3 aromatic rings. The molecule has 2 heteroatoms. The lowest BCUT2D eigenvalue weighted by Crippen LogP contribution is -2.22. The number of rotatable bonds is 5. The molecule has 1 N–H and O–H groups in total. The van der Waals surface area contributed by atoms with Crippen LogP contribution in [0.5, 0.6) is 5.75 Å². The minimum absolute atomic E-state index is 0.256. The highest BCUT2D eigenvalue weighted by molar-refractivity contribution is 5.83. The molecule has 0 amide bonds. The number of ether oxygens (including phenoxy) is 1. The maximum atomic E-state index is 5.32. The van der Waals surface area contributed by atoms with E-state index in [1.807, 2.05) is 12.1 Å². The average molecular weight is 305 g/mol. The van der Waals surface area contributed by atoms with Crippen molar-refractivity contribution in [2.24, 2.45) is 0 Å². The van der Waals surface area contributed by atoms with Gasteiger partial charge in [-0.05, 0) is 53.9 Å². The zero-order valence-electron chi connectivity index (χ0n) is 13.9. The monoisotopic (exact) mass is 305 g/mol. The molecule has 2 unspecified atom stereocenters. The van der Waals surface area contributed by atoms with E-state index < -0.39 is 0 Å². The van der Waals surface area contributed by atoms with Crippen LogP contribution in [0.3, 0.4) is 0 Å². The summed E-state index contributed by atoms with van der Waals surface area (Å²) in [6.07, 6.45) is 0. The summed E-state index contributed by atoms with van der Waals surface area (Å²) in [5.74, 6) is 0.898. The molecule has 0 aromatic heterocycles. The molecule has 118 valence electrons. The molecule has 0 aliphatic carbocycles. The van der Waals surface area contributed by atoms with E-state index in [-0.39, 0.29) is 12.1 Å². The first-order valence-electron chi connectivity index (χ1n) is 8.06. The second kappa shape index (κ2) is 6.84. The Balaban J connectivity index is 1.77. The molecule has 2 atom stereocenters. The summed E-state index contributed by atoms with van der Waals surface area (Å²) in [6.45, 7) is 4.40. The number of methoxy groups -OCH3 is 1. The fraction of sp³-hybridized carbons (Fsp3) is 0.238. The maximum Gasteiger partial charge on any atom is 0.119 e. The van der Waals surface area contributed by atoms with Gasteiger partial charge < -0.3 is 10.1 Å². The van der Waals surface area contributed by atoms with Crippen LogP contribution < -0.4 is 10.1 Å². The third-order valence-electron chi connectivity index (χ3n) is 4.37. The summed E-state index contributed by atoms with van der Waals surface area (Å²) in [7, 11) is 1.70. The van der Waals surface area contributed by atoms with Crippen LogP contribution in [0.4, 0.5) is 0 Å². The first-order chi connectivity index (χ1) is 11.2. The van der Waals surface area contributed by atoms with Crippen LogP contribution in [0, 0.1) is 0 Å². The molecule has 0 fully saturated rings. The van der Waals surface area contributed by atoms with Crippen molar-refractivity contribution in [3.05, 3.63) is 77.9 Å². The van der Waals surface area contributed by atoms with E-state index in [4.69, 9.17) is 4.74 Å². The molecule has 0 saturated carbocycles. The summed E-state index contributed by atoms with van der Waals surface area (Å²) < 4.78 is 5.32. The summed E-state index contributed by atoms with van der Waals surface area (Å²) in [6, 6.07) is 23.9. The van der Waals surface area contributed by atoms with Crippen molar-refractivity contribution >= 4 is 10.8 Å². The summed E-state index contributed by atoms with van der Waals surface area (Å²) in [5, 5.41) is 6.24. The number of benzene rings is 3. The highest BCUT2D eigenvalue weighted by Gasteiger charge is 2.12. The molecule has 23 heavy (non-hydrogen) atoms. The predicted octanol–water partition coefficient (Wildman–Crippen LogP) is 5.26. The van der Waals surface area contributed by atoms with E-state index in [1.54, 1.807) is 7.11 Å². The van der Waals surface area contributed by atoms with Gasteiger partial charge in [0, 0.05) is 12.1 Å². The standard InChI is InChI=1S/C21H23NO/c1-15(18-9-6-10-21(14-18)23-3)22-16(2)19-12-11-17-7-4-5-8-20(17)13-19/h4-16,22H,1-3H3. The maximum absolute atomic E-state index is 5.32. The van der Waals surface area contributed by atoms with Crippen molar-refractivity contribution in [3.63, 3.8) is 0 Å². The Morgan fingerprint density at radius 1 is 0.739 bits per heavy atom. The van der Waals surface area contributed by atoms with Crippen LogP contribution in [0.15, 0.2) is 66.7 Å². The summed E-state index contributed by atoms with van der Waals surface area (Å²) >= 11 is 0. The van der Waals surface area contributed by atoms with Gasteiger partial charge in [0.15, 0.2) is 0 Å². The van der Waals surface area contributed by atoms with Crippen molar-refractivity contribution in [2.75, 3.05) is 7.11 Å². The Morgan fingerprint density at radius 2 is 1.43 bits per heavy atom. The minimum atomic E-state index is 0.256. The second-order valence-electron chi connectivity index (χ2n) is 5.99. The fourth-order valence-electron chi connectivity index (χ4n) is 2.96. The smallest absolute Gasteiger partial charge is 0.119 e. The van der Waals surface area contributed by atoms with Gasteiger partial charge in [-0.25, -0.2) is 0 Å². The highest BCUT2D eigenvalue weighted by atomic mass is 16.5. The Bertz CT molecular complexity index is 796. The quantitative estimate of drug-likeness (QED) is 0.694. The molecule has 3 rings (SSSR count). The number of hydrogen-bond donors (Lipinski definition) is 1. The largest absolute Gasteiger partial charge is 0.497 e. The molecular weight excluding hydrogens is 282 g/mol. The van der Waals surface area contributed by atoms with E-state index in [0.717, 1.165) is 5.75 Å². The molecular formula is C21H23NO. The van der Waals surface area contributed by atoms with Crippen LogP contribution in [-0.4, -0.2) is 7.11 Å². The lowest BCUT2D eigenvalue weighted by atomic mass is 10.0. The average Bonchev–Trinajstić information content (AvgIpc) is 2.61. The van der Waals surface area contributed by atoms with Gasteiger partial charge in [-0.15, -0.1) is 0 Å². The lowest BCUT2D eigenvalue weighted by Gasteiger charge is -2.21. The lowest BCUT2D eigenvalue weighted by molar-refractivity contribution is 0.412. The van der Waals surface area contributed by atoms with E-state index >= 15 is 0 Å². The van der Waals surface area contributed by atoms with Crippen LogP contribution >= 0.6 is 0 Å². The zero-order valence-corrected chi connectivity index (χ0v) is 13.9. The van der Waals surface area contributed by atoms with Crippen LogP contribution in [0.25, 0.3) is 10.8 Å². The summed E-state index contributed by atoms with van der Waals surface area (Å²) in [4.78, 5) is 0. The first-order valence-corrected chi connectivity index (χ1v) is 8.06. The van der Waals surface area contributed by atoms with Gasteiger partial charge in [0.2, 0.25) is 0 Å². The van der Waals surface area contributed by atoms with Crippen molar-refractivity contribution in [2.45, 2.75) is 25.9 Å². The molecule has 0 saturated heterocycles. The van der Waals surface area contributed by atoms with E-state index in [1.165, 1.54) is 21.9 Å². The molecule has 0 aliphatic rings. The van der Waals surface area contributed by atoms with Crippen LogP contribution in [0.2, 0.25) is 0 Å². The zero-order chi connectivity index (χ0) is 16.2. The van der Waals surface area contributed by atoms with E-state index in [9.17, 15) is 0 Å². The summed E-state index contributed by atoms with van der Waals surface area (Å²) in [5.41, 5.74) is 2.54. The van der Waals surface area contributed by atoms with Gasteiger partial charge in [-0.1, -0.05) is 48.5 Å². The van der Waals surface area contributed by atoms with Gasteiger partial charge in [-0.2, -0.15) is 0 Å². The third kappa shape index (κ3) is 3.54. The fourth-order valence-corrected chi connectivity index (χ4v) is 2.96. The van der Waals surface area contributed by atoms with Gasteiger partial charge in [0.1, 0.15) is 5.75 Å². The Morgan fingerprint density at radius 3 is 2.17 bits per heavy atom. The van der Waals surface area contributed by atoms with E-state index in [0.29, 0.717) is 0 Å². The SMILES string of the molecule is COc1cccc(C(C)NC(C)c2ccc3ccccc3c2)c1. The molecule has 0 spiro atoms. The third-order valence-corrected chi connectivity index (χ3v) is 4.37. The Labute approximate surface area is 138 Å². The molecule has 3 aromatic carbocycles. The second-order valence-corrected chi connectivity index (χ2v) is 5.99. The van der Waals surface area contributed by atoms with Gasteiger partial charge >= 0.3 is 0 Å². The highest BCUT2D eigenvalue weighted by Crippen LogP contribution is 2.24. The van der Waals surface area contributed by atoms with Crippen molar-refractivity contribution in [3.8, 4) is 5.75 Å². The molecule has 0 bridgehead atoms. The molecule has 0 heterocycles. The normalized spacial score (nSPS) is 13.7. The van der Waals surface area contributed by atoms with Gasteiger partial charge in [-0.3, -0.25) is 0 Å². The molecule has 2 nitrogen and oxygen atoms in total. The van der Waals surface area contributed by atoms with Gasteiger partial charge in [0.25, 0.3) is 0 Å². The topological polar surface area (TPSA) is 21.3 Å². The molecule has 0 radical (unpaired) electrons. The Kier molecular flexibility index (Phi) is 4.63. The number of hydrogen-bond acceptors (Lipinski definition) is 2. The van der Waals surface area contributed by atoms with E-state index in [2.05, 4.69) is 73.8 Å². The van der Waals surface area contributed by atoms with Crippen molar-refractivity contribution in [1.82, 2.24) is 5.32 Å². The van der Waals surface area contributed by atoms with Crippen molar-refractivity contribution in [1.29, 1.82) is 0 Å². The first kappa shape index (κ1) is 15.6. The van der Waals surface area contributed by atoms with Crippen LogP contribution in [-0.2, 0) is 0 Å². The predicted molar refractivity (Wildman–Crippen MR) is 96.9 cm³/mol. The molecule has 0 aliphatic heterocycles. The van der Waals surface area contributed by atoms with Crippen LogP contribution in [0.1, 0.15) is 37.1 Å². The minimum Gasteiger partial charge on any atom is -0.497 e. The van der Waals surface area contributed by atoms with Crippen molar-refractivity contribution < 1.29 is 4.74 Å². The number of fused-ring (bicyclic) bond motifs is 1. The Hall–Kier alpha value is -2.32. The number of nitrogens with one attached hydrogen (secondary N) is 1. The van der Waals surface area contributed by atoms with Gasteiger partial charge in [0.05, 0.1) is 7.11 Å².